The van der Waals surface area contributed by atoms with Gasteiger partial charge in [-0.3, -0.25) is 0 Å². The van der Waals surface area contributed by atoms with Crippen LogP contribution in [0.3, 0.4) is 0 Å². The van der Waals surface area contributed by atoms with Crippen molar-refractivity contribution in [3.05, 3.63) is 29.3 Å². The number of nitrogens with zero attached hydrogens (tertiary/aromatic N) is 2. The maximum absolute atomic E-state index is 6.01. The summed E-state index contributed by atoms with van der Waals surface area (Å²) in [6.45, 7) is 7.11. The van der Waals surface area contributed by atoms with E-state index in [-0.39, 0.29) is 6.04 Å². The lowest BCUT2D eigenvalue weighted by Crippen LogP contribution is -2.47. The molecule has 2 unspecified atom stereocenters. The van der Waals surface area contributed by atoms with E-state index in [2.05, 4.69) is 35.0 Å². The molecule has 1 aromatic carbocycles. The van der Waals surface area contributed by atoms with E-state index in [1.807, 2.05) is 6.92 Å². The average molecular weight is 289 g/mol. The third-order valence-electron chi connectivity index (χ3n) is 4.61. The van der Waals surface area contributed by atoms with Gasteiger partial charge >= 0.3 is 0 Å². The van der Waals surface area contributed by atoms with Crippen molar-refractivity contribution in [2.24, 2.45) is 5.73 Å². The summed E-state index contributed by atoms with van der Waals surface area (Å²) in [6, 6.07) is 6.83. The van der Waals surface area contributed by atoms with Gasteiger partial charge in [0.15, 0.2) is 0 Å². The Hall–Kier alpha value is -1.10. The van der Waals surface area contributed by atoms with Crippen LogP contribution in [0.1, 0.15) is 30.5 Å². The molecule has 0 saturated carbocycles. The van der Waals surface area contributed by atoms with Crippen LogP contribution in [-0.4, -0.2) is 50.8 Å². The molecule has 21 heavy (non-hydrogen) atoms. The number of nitrogens with two attached hydrogens (primary N) is 1. The monoisotopic (exact) mass is 289 g/mol. The zero-order valence-electron chi connectivity index (χ0n) is 13.2. The Morgan fingerprint density at radius 3 is 3.00 bits per heavy atom. The molecule has 2 atom stereocenters. The molecule has 4 heteroatoms. The van der Waals surface area contributed by atoms with Gasteiger partial charge in [0.1, 0.15) is 0 Å². The number of aryl methyl sites for hydroxylation is 1. The van der Waals surface area contributed by atoms with E-state index in [0.29, 0.717) is 6.10 Å². The summed E-state index contributed by atoms with van der Waals surface area (Å²) in [5.74, 6) is 0. The van der Waals surface area contributed by atoms with E-state index in [9.17, 15) is 0 Å². The van der Waals surface area contributed by atoms with Crippen LogP contribution in [0, 0.1) is 0 Å². The van der Waals surface area contributed by atoms with Crippen LogP contribution in [0.5, 0.6) is 0 Å². The van der Waals surface area contributed by atoms with Crippen molar-refractivity contribution < 1.29 is 4.74 Å². The zero-order valence-corrected chi connectivity index (χ0v) is 13.2. The second-order valence-electron chi connectivity index (χ2n) is 6.48. The van der Waals surface area contributed by atoms with Crippen molar-refractivity contribution in [1.29, 1.82) is 0 Å². The highest BCUT2D eigenvalue weighted by Gasteiger charge is 2.24. The maximum atomic E-state index is 6.01. The van der Waals surface area contributed by atoms with Crippen molar-refractivity contribution in [3.63, 3.8) is 0 Å². The van der Waals surface area contributed by atoms with Crippen LogP contribution in [-0.2, 0) is 11.2 Å². The van der Waals surface area contributed by atoms with Crippen LogP contribution < -0.4 is 10.6 Å². The number of benzene rings is 1. The molecule has 2 N–H and O–H groups in total. The summed E-state index contributed by atoms with van der Waals surface area (Å²) < 4.78 is 5.92. The Morgan fingerprint density at radius 2 is 2.24 bits per heavy atom. The molecular formula is C17H27N3O. The first-order chi connectivity index (χ1) is 10.1. The Balaban J connectivity index is 1.74. The van der Waals surface area contributed by atoms with Crippen molar-refractivity contribution in [3.8, 4) is 0 Å². The fourth-order valence-electron chi connectivity index (χ4n) is 3.39. The van der Waals surface area contributed by atoms with Crippen molar-refractivity contribution in [2.45, 2.75) is 31.9 Å². The van der Waals surface area contributed by atoms with Gasteiger partial charge in [-0.25, -0.2) is 0 Å². The smallest absolute Gasteiger partial charge is 0.0876 e. The Morgan fingerprint density at radius 1 is 1.38 bits per heavy atom. The molecule has 4 nitrogen and oxygen atoms in total. The lowest BCUT2D eigenvalue weighted by molar-refractivity contribution is -0.0149. The first kappa shape index (κ1) is 14.8. The molecule has 2 heterocycles. The van der Waals surface area contributed by atoms with Crippen molar-refractivity contribution >= 4 is 5.69 Å². The normalized spacial score (nSPS) is 24.7. The molecule has 0 bridgehead atoms. The predicted molar refractivity (Wildman–Crippen MR) is 86.8 cm³/mol. The molecule has 0 radical (unpaired) electrons. The number of ether oxygens (including phenoxy) is 1. The molecule has 0 aromatic heterocycles. The maximum Gasteiger partial charge on any atom is 0.0876 e. The Labute approximate surface area is 127 Å². The van der Waals surface area contributed by atoms with Crippen LogP contribution in [0.4, 0.5) is 5.69 Å². The van der Waals surface area contributed by atoms with E-state index in [1.165, 1.54) is 23.2 Å². The second kappa shape index (κ2) is 6.34. The van der Waals surface area contributed by atoms with Crippen LogP contribution >= 0.6 is 0 Å². The predicted octanol–water partition coefficient (Wildman–Crippen LogP) is 1.79. The lowest BCUT2D eigenvalue weighted by Gasteiger charge is -2.37. The number of morpholine rings is 1. The van der Waals surface area contributed by atoms with Gasteiger partial charge < -0.3 is 20.3 Å². The van der Waals surface area contributed by atoms with E-state index in [0.717, 1.165) is 39.2 Å². The van der Waals surface area contributed by atoms with Gasteiger partial charge in [0.2, 0.25) is 0 Å². The number of rotatable bonds is 3. The van der Waals surface area contributed by atoms with Crippen molar-refractivity contribution in [1.82, 2.24) is 4.90 Å². The summed E-state index contributed by atoms with van der Waals surface area (Å²) in [4.78, 5) is 4.85. The van der Waals surface area contributed by atoms with Crippen molar-refractivity contribution in [2.75, 3.05) is 44.7 Å². The standard InChI is InChI=1S/C17H27N3O/c1-13(18)14-5-6-17-15(10-14)4-3-7-20(17)12-16-11-19(2)8-9-21-16/h5-6,10,13,16H,3-4,7-9,11-12,18H2,1-2H3. The summed E-state index contributed by atoms with van der Waals surface area (Å²) in [7, 11) is 2.18. The number of hydrogen-bond acceptors (Lipinski definition) is 4. The summed E-state index contributed by atoms with van der Waals surface area (Å²) in [5.41, 5.74) is 10.1. The van der Waals surface area contributed by atoms with Gasteiger partial charge in [-0.15, -0.1) is 0 Å². The largest absolute Gasteiger partial charge is 0.374 e. The second-order valence-corrected chi connectivity index (χ2v) is 6.48. The summed E-state index contributed by atoms with van der Waals surface area (Å²) in [6.07, 6.45) is 2.71. The minimum atomic E-state index is 0.112. The minimum absolute atomic E-state index is 0.112. The molecule has 1 saturated heterocycles. The van der Waals surface area contributed by atoms with Crippen LogP contribution in [0.25, 0.3) is 0 Å². The third kappa shape index (κ3) is 3.39. The number of anilines is 1. The topological polar surface area (TPSA) is 41.7 Å². The quantitative estimate of drug-likeness (QED) is 0.921. The van der Waals surface area contributed by atoms with Crippen LogP contribution in [0.15, 0.2) is 18.2 Å². The lowest BCUT2D eigenvalue weighted by atomic mass is 9.97. The average Bonchev–Trinajstić information content (AvgIpc) is 2.47. The van der Waals surface area contributed by atoms with E-state index in [4.69, 9.17) is 10.5 Å². The zero-order chi connectivity index (χ0) is 14.8. The first-order valence-corrected chi connectivity index (χ1v) is 8.07. The molecule has 1 fully saturated rings. The molecular weight excluding hydrogens is 262 g/mol. The molecule has 3 rings (SSSR count). The Kier molecular flexibility index (Phi) is 4.48. The number of fused-ring (bicyclic) bond motifs is 1. The first-order valence-electron chi connectivity index (χ1n) is 8.07. The van der Waals surface area contributed by atoms with E-state index in [1.54, 1.807) is 0 Å². The molecule has 0 amide bonds. The van der Waals surface area contributed by atoms with Crippen LogP contribution in [0.2, 0.25) is 0 Å². The summed E-state index contributed by atoms with van der Waals surface area (Å²) in [5, 5.41) is 0. The number of hydrogen-bond donors (Lipinski definition) is 1. The van der Waals surface area contributed by atoms with Gasteiger partial charge in [0, 0.05) is 37.9 Å². The fourth-order valence-corrected chi connectivity index (χ4v) is 3.39. The highest BCUT2D eigenvalue weighted by Crippen LogP contribution is 2.29. The highest BCUT2D eigenvalue weighted by atomic mass is 16.5. The molecule has 0 aliphatic carbocycles. The van der Waals surface area contributed by atoms with Gasteiger partial charge in [0.05, 0.1) is 12.7 Å². The number of likely N-dealkylation sites (N-methyl/N-ethyl adjacent to an activating group) is 1. The SMILES string of the molecule is CC(N)c1ccc2c(c1)CCCN2CC1CN(C)CCO1. The third-order valence-corrected chi connectivity index (χ3v) is 4.61. The van der Waals surface area contributed by atoms with Gasteiger partial charge in [0.25, 0.3) is 0 Å². The molecule has 2 aliphatic heterocycles. The highest BCUT2D eigenvalue weighted by molar-refractivity contribution is 5.57. The molecule has 2 aliphatic rings. The molecule has 0 spiro atoms. The van der Waals surface area contributed by atoms with Gasteiger partial charge in [-0.2, -0.15) is 0 Å². The fraction of sp³-hybridized carbons (Fsp3) is 0.647. The summed E-state index contributed by atoms with van der Waals surface area (Å²) >= 11 is 0. The van der Waals surface area contributed by atoms with Gasteiger partial charge in [-0.1, -0.05) is 12.1 Å². The van der Waals surface area contributed by atoms with E-state index < -0.39 is 0 Å². The Bertz CT molecular complexity index is 489. The molecule has 1 aromatic rings. The molecule has 116 valence electrons. The minimum Gasteiger partial charge on any atom is -0.374 e. The van der Waals surface area contributed by atoms with Gasteiger partial charge in [-0.05, 0) is 44.0 Å². The van der Waals surface area contributed by atoms with E-state index >= 15 is 0 Å².